The van der Waals surface area contributed by atoms with Gasteiger partial charge in [-0.3, -0.25) is 4.79 Å². The van der Waals surface area contributed by atoms with Gasteiger partial charge >= 0.3 is 0 Å². The molecular formula is C11H15NO3. The molecule has 0 bridgehead atoms. The van der Waals surface area contributed by atoms with Crippen LogP contribution in [0.5, 0.6) is 0 Å². The third kappa shape index (κ3) is 3.04. The number of amides is 1. The molecule has 0 saturated carbocycles. The molecule has 1 amide bonds. The van der Waals surface area contributed by atoms with Crippen LogP contribution in [-0.4, -0.2) is 22.2 Å². The van der Waals surface area contributed by atoms with Gasteiger partial charge in [-0.05, 0) is 18.1 Å². The fourth-order valence-corrected chi connectivity index (χ4v) is 1.44. The fraction of sp³-hybridized carbons (Fsp3) is 0.364. The van der Waals surface area contributed by atoms with Crippen LogP contribution >= 0.6 is 0 Å². The summed E-state index contributed by atoms with van der Waals surface area (Å²) < 4.78 is 0. The number of primary amides is 1. The minimum Gasteiger partial charge on any atom is -0.390 e. The van der Waals surface area contributed by atoms with Gasteiger partial charge in [0.25, 0.3) is 0 Å². The van der Waals surface area contributed by atoms with Crippen LogP contribution in [0.1, 0.15) is 23.7 Å². The van der Waals surface area contributed by atoms with E-state index >= 15 is 0 Å². The molecule has 82 valence electrons. The highest BCUT2D eigenvalue weighted by Gasteiger charge is 2.21. The van der Waals surface area contributed by atoms with E-state index in [9.17, 15) is 15.0 Å². The van der Waals surface area contributed by atoms with Gasteiger partial charge in [-0.2, -0.15) is 0 Å². The zero-order valence-corrected chi connectivity index (χ0v) is 8.55. The van der Waals surface area contributed by atoms with E-state index in [1.54, 1.807) is 12.1 Å². The summed E-state index contributed by atoms with van der Waals surface area (Å²) in [5, 5.41) is 19.3. The van der Waals surface area contributed by atoms with Crippen molar-refractivity contribution in [1.82, 2.24) is 0 Å². The van der Waals surface area contributed by atoms with Crippen molar-refractivity contribution in [3.63, 3.8) is 0 Å². The molecule has 0 aromatic heterocycles. The van der Waals surface area contributed by atoms with E-state index in [0.717, 1.165) is 5.56 Å². The molecular weight excluding hydrogens is 194 g/mol. The average molecular weight is 209 g/mol. The SMILES string of the molecule is Cc1ccccc1C(O)C(O)CC(N)=O. The van der Waals surface area contributed by atoms with Crippen molar-refractivity contribution in [1.29, 1.82) is 0 Å². The molecule has 0 spiro atoms. The van der Waals surface area contributed by atoms with Crippen molar-refractivity contribution in [3.8, 4) is 0 Å². The zero-order chi connectivity index (χ0) is 11.4. The average Bonchev–Trinajstić information content (AvgIpc) is 2.16. The van der Waals surface area contributed by atoms with Crippen LogP contribution in [0.25, 0.3) is 0 Å². The number of carbonyl (C=O) groups excluding carboxylic acids is 1. The van der Waals surface area contributed by atoms with Gasteiger partial charge in [0.05, 0.1) is 12.5 Å². The number of carbonyl (C=O) groups is 1. The van der Waals surface area contributed by atoms with E-state index in [1.807, 2.05) is 19.1 Å². The summed E-state index contributed by atoms with van der Waals surface area (Å²) >= 11 is 0. The zero-order valence-electron chi connectivity index (χ0n) is 8.55. The Hall–Kier alpha value is -1.39. The molecule has 4 heteroatoms. The first-order valence-corrected chi connectivity index (χ1v) is 4.72. The van der Waals surface area contributed by atoms with Crippen LogP contribution in [-0.2, 0) is 4.79 Å². The van der Waals surface area contributed by atoms with E-state index in [-0.39, 0.29) is 6.42 Å². The quantitative estimate of drug-likeness (QED) is 0.665. The van der Waals surface area contributed by atoms with Crippen molar-refractivity contribution in [2.45, 2.75) is 25.6 Å². The number of aliphatic hydroxyl groups excluding tert-OH is 2. The first kappa shape index (κ1) is 11.7. The largest absolute Gasteiger partial charge is 0.390 e. The van der Waals surface area contributed by atoms with Gasteiger partial charge in [0, 0.05) is 0 Å². The maximum atomic E-state index is 10.6. The molecule has 15 heavy (non-hydrogen) atoms. The Labute approximate surface area is 88.3 Å². The van der Waals surface area contributed by atoms with E-state index in [0.29, 0.717) is 5.56 Å². The summed E-state index contributed by atoms with van der Waals surface area (Å²) in [6.07, 6.45) is -2.46. The molecule has 0 radical (unpaired) electrons. The number of benzene rings is 1. The lowest BCUT2D eigenvalue weighted by Gasteiger charge is -2.18. The minimum absolute atomic E-state index is 0.241. The number of aliphatic hydroxyl groups is 2. The Morgan fingerprint density at radius 3 is 2.53 bits per heavy atom. The lowest BCUT2D eigenvalue weighted by atomic mass is 9.98. The van der Waals surface area contributed by atoms with Gasteiger partial charge in [0.15, 0.2) is 0 Å². The van der Waals surface area contributed by atoms with Crippen LogP contribution in [0, 0.1) is 6.92 Å². The molecule has 0 aliphatic rings. The van der Waals surface area contributed by atoms with Crippen LogP contribution < -0.4 is 5.73 Å². The Bertz CT molecular complexity index is 351. The molecule has 0 heterocycles. The van der Waals surface area contributed by atoms with Crippen molar-refractivity contribution >= 4 is 5.91 Å². The summed E-state index contributed by atoms with van der Waals surface area (Å²) in [5.74, 6) is -0.630. The first-order valence-electron chi connectivity index (χ1n) is 4.72. The summed E-state index contributed by atoms with van der Waals surface area (Å²) in [4.78, 5) is 10.6. The lowest BCUT2D eigenvalue weighted by Crippen LogP contribution is -2.26. The number of aryl methyl sites for hydroxylation is 1. The van der Waals surface area contributed by atoms with Crippen LogP contribution in [0.15, 0.2) is 24.3 Å². The van der Waals surface area contributed by atoms with Gasteiger partial charge in [0.2, 0.25) is 5.91 Å². The summed E-state index contributed by atoms with van der Waals surface area (Å²) in [7, 11) is 0. The van der Waals surface area contributed by atoms with E-state index in [1.165, 1.54) is 0 Å². The molecule has 4 N–H and O–H groups in total. The Morgan fingerprint density at radius 2 is 2.00 bits per heavy atom. The monoisotopic (exact) mass is 209 g/mol. The molecule has 0 saturated heterocycles. The molecule has 0 aliphatic heterocycles. The van der Waals surface area contributed by atoms with Crippen molar-refractivity contribution in [2.75, 3.05) is 0 Å². The second-order valence-corrected chi connectivity index (χ2v) is 3.54. The Morgan fingerprint density at radius 1 is 1.40 bits per heavy atom. The van der Waals surface area contributed by atoms with Crippen molar-refractivity contribution < 1.29 is 15.0 Å². The van der Waals surface area contributed by atoms with Gasteiger partial charge in [0.1, 0.15) is 6.10 Å². The molecule has 1 rings (SSSR count). The van der Waals surface area contributed by atoms with E-state index in [4.69, 9.17) is 5.73 Å². The molecule has 4 nitrogen and oxygen atoms in total. The van der Waals surface area contributed by atoms with E-state index < -0.39 is 18.1 Å². The number of rotatable bonds is 4. The molecule has 1 aromatic carbocycles. The maximum absolute atomic E-state index is 10.6. The minimum atomic E-state index is -1.15. The van der Waals surface area contributed by atoms with Gasteiger partial charge in [-0.25, -0.2) is 0 Å². The summed E-state index contributed by atoms with van der Waals surface area (Å²) in [5.41, 5.74) is 6.42. The second kappa shape index (κ2) is 4.91. The Balaban J connectivity index is 2.80. The summed E-state index contributed by atoms with van der Waals surface area (Å²) in [6, 6.07) is 7.15. The van der Waals surface area contributed by atoms with Gasteiger partial charge in [-0.15, -0.1) is 0 Å². The van der Waals surface area contributed by atoms with Gasteiger partial charge < -0.3 is 15.9 Å². The first-order chi connectivity index (χ1) is 7.02. The van der Waals surface area contributed by atoms with Crippen molar-refractivity contribution in [3.05, 3.63) is 35.4 Å². The van der Waals surface area contributed by atoms with Crippen molar-refractivity contribution in [2.24, 2.45) is 5.73 Å². The molecule has 1 aromatic rings. The highest BCUT2D eigenvalue weighted by molar-refractivity contribution is 5.74. The fourth-order valence-electron chi connectivity index (χ4n) is 1.44. The normalized spacial score (nSPS) is 14.6. The van der Waals surface area contributed by atoms with Crippen LogP contribution in [0.4, 0.5) is 0 Å². The predicted molar refractivity (Wildman–Crippen MR) is 56.0 cm³/mol. The molecule has 0 fully saturated rings. The Kier molecular flexibility index (Phi) is 3.82. The smallest absolute Gasteiger partial charge is 0.220 e. The molecule has 0 aliphatic carbocycles. The summed E-state index contributed by atoms with van der Waals surface area (Å²) in [6.45, 7) is 1.83. The van der Waals surface area contributed by atoms with Gasteiger partial charge in [-0.1, -0.05) is 24.3 Å². The maximum Gasteiger partial charge on any atom is 0.220 e. The third-order valence-corrected chi connectivity index (χ3v) is 2.28. The number of hydrogen-bond donors (Lipinski definition) is 3. The van der Waals surface area contributed by atoms with Crippen LogP contribution in [0.3, 0.4) is 0 Å². The standard InChI is InChI=1S/C11H15NO3/c1-7-4-2-3-5-8(7)11(15)9(13)6-10(12)14/h2-5,9,11,13,15H,6H2,1H3,(H2,12,14). The predicted octanol–water partition coefficient (Wildman–Crippen LogP) is 0.265. The highest BCUT2D eigenvalue weighted by atomic mass is 16.3. The topological polar surface area (TPSA) is 83.6 Å². The number of nitrogens with two attached hydrogens (primary N) is 1. The van der Waals surface area contributed by atoms with Crippen LogP contribution in [0.2, 0.25) is 0 Å². The molecule has 2 unspecified atom stereocenters. The second-order valence-electron chi connectivity index (χ2n) is 3.54. The lowest BCUT2D eigenvalue weighted by molar-refractivity contribution is -0.121. The highest BCUT2D eigenvalue weighted by Crippen LogP contribution is 2.21. The molecule has 2 atom stereocenters. The third-order valence-electron chi connectivity index (χ3n) is 2.28. The van der Waals surface area contributed by atoms with E-state index in [2.05, 4.69) is 0 Å². The number of hydrogen-bond acceptors (Lipinski definition) is 3.